The molecule has 4 nitrogen and oxygen atoms in total. The summed E-state index contributed by atoms with van der Waals surface area (Å²) >= 11 is 0. The molecule has 0 radical (unpaired) electrons. The van der Waals surface area contributed by atoms with E-state index in [1.54, 1.807) is 0 Å². The largest absolute Gasteiger partial charge is 0.462 e. The molecule has 8 aromatic carbocycles. The van der Waals surface area contributed by atoms with Gasteiger partial charge in [0.25, 0.3) is 0 Å². The van der Waals surface area contributed by atoms with Crippen LogP contribution in [0.5, 0.6) is 0 Å². The Balaban J connectivity index is 0.767. The van der Waals surface area contributed by atoms with Gasteiger partial charge in [-0.1, -0.05) is 182 Å². The second-order valence-electron chi connectivity index (χ2n) is 24.0. The first kappa shape index (κ1) is 59.4. The van der Waals surface area contributed by atoms with Crippen molar-refractivity contribution >= 4 is 33.5 Å². The number of carbonyl (C=O) groups excluding carboxylic acids is 2. The van der Waals surface area contributed by atoms with Crippen molar-refractivity contribution in [3.8, 4) is 11.1 Å². The number of esters is 2. The predicted molar refractivity (Wildman–Crippen MR) is 324 cm³/mol. The number of halogens is 6. The van der Waals surface area contributed by atoms with Gasteiger partial charge in [-0.3, -0.25) is 0 Å². The molecule has 2 aliphatic carbocycles. The second kappa shape index (κ2) is 26.0. The molecule has 0 aliphatic heterocycles. The first-order valence-electron chi connectivity index (χ1n) is 29.5. The molecule has 0 heterocycles. The molecule has 0 N–H and O–H groups in total. The Labute approximate surface area is 489 Å². The quantitative estimate of drug-likeness (QED) is 0.0460. The zero-order valence-corrected chi connectivity index (χ0v) is 47.9. The monoisotopic (exact) mass is 1140 g/mol. The van der Waals surface area contributed by atoms with E-state index in [9.17, 15) is 35.9 Å². The molecule has 0 spiro atoms. The summed E-state index contributed by atoms with van der Waals surface area (Å²) in [5.74, 6) is -1.67. The van der Waals surface area contributed by atoms with E-state index < -0.39 is 35.4 Å². The second-order valence-corrected chi connectivity index (χ2v) is 24.0. The van der Waals surface area contributed by atoms with Crippen LogP contribution in [-0.4, -0.2) is 37.5 Å². The topological polar surface area (TPSA) is 52.6 Å². The van der Waals surface area contributed by atoms with Gasteiger partial charge in [-0.05, 0) is 216 Å². The van der Waals surface area contributed by atoms with Crippen LogP contribution >= 0.6 is 0 Å². The summed E-state index contributed by atoms with van der Waals surface area (Å²) in [4.78, 5) is 23.6. The first-order valence-corrected chi connectivity index (χ1v) is 29.5. The Kier molecular flexibility index (Phi) is 18.4. The molecular weight excluding hydrogens is 1070 g/mol. The molecule has 0 unspecified atom stereocenters. The highest BCUT2D eigenvalue weighted by atomic mass is 19.4. The Morgan fingerprint density at radius 2 is 0.762 bits per heavy atom. The van der Waals surface area contributed by atoms with Gasteiger partial charge in [0, 0.05) is 0 Å². The number of fused-ring (bicyclic) bond motifs is 2. The summed E-state index contributed by atoms with van der Waals surface area (Å²) in [6, 6.07) is 58.7. The van der Waals surface area contributed by atoms with Gasteiger partial charge in [0.1, 0.15) is 11.1 Å². The third kappa shape index (κ3) is 15.3. The highest BCUT2D eigenvalue weighted by Gasteiger charge is 2.39. The van der Waals surface area contributed by atoms with Crippen LogP contribution in [0.1, 0.15) is 118 Å². The minimum absolute atomic E-state index is 0.00245. The van der Waals surface area contributed by atoms with Crippen molar-refractivity contribution in [3.63, 3.8) is 0 Å². The lowest BCUT2D eigenvalue weighted by Crippen LogP contribution is -2.25. The van der Waals surface area contributed by atoms with E-state index in [1.807, 2.05) is 0 Å². The minimum atomic E-state index is -4.78. The van der Waals surface area contributed by atoms with E-state index in [-0.39, 0.29) is 25.0 Å². The van der Waals surface area contributed by atoms with Gasteiger partial charge in [-0.25, -0.2) is 9.59 Å². The lowest BCUT2D eigenvalue weighted by atomic mass is 9.79. The van der Waals surface area contributed by atoms with Crippen LogP contribution in [0.2, 0.25) is 0 Å². The van der Waals surface area contributed by atoms with Crippen molar-refractivity contribution in [1.82, 2.24) is 0 Å². The number of aryl methyl sites for hydroxylation is 2. The van der Waals surface area contributed by atoms with Crippen molar-refractivity contribution in [1.29, 1.82) is 0 Å². The maximum absolute atomic E-state index is 12.8. The molecule has 8 aromatic rings. The van der Waals surface area contributed by atoms with Crippen molar-refractivity contribution < 1.29 is 45.4 Å². The number of hydrogen-bond acceptors (Lipinski definition) is 4. The van der Waals surface area contributed by atoms with Gasteiger partial charge in [-0.15, -0.1) is 0 Å². The van der Waals surface area contributed by atoms with Crippen molar-refractivity contribution in [3.05, 3.63) is 249 Å². The predicted octanol–water partition coefficient (Wildman–Crippen LogP) is 18.7. The Hall–Kier alpha value is -7.72. The fraction of sp³-hybridized carbons (Fsp3) is 0.324. The van der Waals surface area contributed by atoms with Crippen LogP contribution in [0.4, 0.5) is 26.3 Å². The van der Waals surface area contributed by atoms with E-state index >= 15 is 0 Å². The molecule has 0 saturated heterocycles. The number of alkyl halides is 6. The maximum atomic E-state index is 12.8. The van der Waals surface area contributed by atoms with Gasteiger partial charge in [0.05, 0.1) is 13.2 Å². The molecule has 84 heavy (non-hydrogen) atoms. The number of carbonyl (C=O) groups is 2. The SMILES string of the molecule is C=C(C(=O)OCC1CCC(Cc2ccc(Cc3ccc(Cc4cc(-c5c(Cc6ccc(Cc7ccc(CC8CCC(COC(=O)C(=C)C(F)(F)F)CC8)cc7)cc6)ccc6cc(C)ccc56)c5ccc(C)cc5c4)cc3)cc2)CC1)C(F)(F)F. The fourth-order valence-electron chi connectivity index (χ4n) is 12.5. The smallest absolute Gasteiger partial charge is 0.422 e. The van der Waals surface area contributed by atoms with E-state index in [0.717, 1.165) is 89.9 Å². The summed E-state index contributed by atoms with van der Waals surface area (Å²) in [6.45, 7) is 9.99. The first-order chi connectivity index (χ1) is 40.3. The van der Waals surface area contributed by atoms with E-state index in [4.69, 9.17) is 9.47 Å². The molecule has 10 rings (SSSR count). The maximum Gasteiger partial charge on any atom is 0.422 e. The van der Waals surface area contributed by atoms with Gasteiger partial charge in [0.2, 0.25) is 0 Å². The lowest BCUT2D eigenvalue weighted by molar-refractivity contribution is -0.153. The van der Waals surface area contributed by atoms with Crippen LogP contribution in [0.3, 0.4) is 0 Å². The zero-order chi connectivity index (χ0) is 59.1. The molecule has 0 aromatic heterocycles. The molecule has 0 atom stereocenters. The molecule has 2 saturated carbocycles. The van der Waals surface area contributed by atoms with E-state index in [2.05, 4.69) is 185 Å². The molecule has 434 valence electrons. The summed E-state index contributed by atoms with van der Waals surface area (Å²) in [5.41, 5.74) is 14.6. The van der Waals surface area contributed by atoms with Gasteiger partial charge < -0.3 is 9.47 Å². The van der Waals surface area contributed by atoms with Gasteiger partial charge in [0.15, 0.2) is 0 Å². The average molecular weight is 1140 g/mol. The lowest BCUT2D eigenvalue weighted by Gasteiger charge is -2.28. The molecule has 0 bridgehead atoms. The van der Waals surface area contributed by atoms with Crippen molar-refractivity contribution in [2.45, 2.75) is 116 Å². The minimum Gasteiger partial charge on any atom is -0.462 e. The van der Waals surface area contributed by atoms with E-state index in [0.29, 0.717) is 11.8 Å². The number of benzene rings is 8. The number of ether oxygens (including phenoxy) is 2. The Morgan fingerprint density at radius 3 is 1.18 bits per heavy atom. The van der Waals surface area contributed by atoms with Gasteiger partial charge in [-0.2, -0.15) is 26.3 Å². The standard InChI is InChI=1S/C74H72F6O4/c1-47-6-34-68-64(35-47)31-32-65(42-60-21-19-56(20-22-60)38-52-9-13-54(14-10-52)40-58-25-29-62(30-26-58)46-84-72(82)50(4)74(78,79)80)70(68)69-44-63(43-66-36-48(2)5-33-67(66)69)41-59-17-15-55(16-18-59)37-51-7-11-53(12-8-51)39-57-23-27-61(28-24-57)45-83-71(81)49(3)73(75,76)77/h5-22,31-36,43-44,57-58,61-62H,3-4,23-30,37-42,45-46H2,1-2H3. The van der Waals surface area contributed by atoms with Gasteiger partial charge >= 0.3 is 24.3 Å². The zero-order valence-electron chi connectivity index (χ0n) is 47.9. The third-order valence-electron chi connectivity index (χ3n) is 17.5. The Morgan fingerprint density at radius 1 is 0.405 bits per heavy atom. The summed E-state index contributed by atoms with van der Waals surface area (Å²) in [5, 5.41) is 4.92. The third-order valence-corrected chi connectivity index (χ3v) is 17.5. The highest BCUT2D eigenvalue weighted by Crippen LogP contribution is 2.41. The van der Waals surface area contributed by atoms with Crippen LogP contribution in [0, 0.1) is 37.5 Å². The molecule has 2 aliphatic rings. The summed E-state index contributed by atoms with van der Waals surface area (Å²) in [6.07, 6.45) is 2.59. The van der Waals surface area contributed by atoms with Crippen LogP contribution in [-0.2, 0) is 57.6 Å². The van der Waals surface area contributed by atoms with Crippen molar-refractivity contribution in [2.24, 2.45) is 23.7 Å². The summed E-state index contributed by atoms with van der Waals surface area (Å²) in [7, 11) is 0. The Bertz CT molecular complexity index is 3630. The molecule has 2 fully saturated rings. The van der Waals surface area contributed by atoms with Crippen molar-refractivity contribution in [2.75, 3.05) is 13.2 Å². The molecule has 10 heteroatoms. The van der Waals surface area contributed by atoms with E-state index in [1.165, 1.54) is 99.4 Å². The number of rotatable bonds is 19. The normalized spacial score (nSPS) is 17.5. The van der Waals surface area contributed by atoms with Crippen LogP contribution in [0.15, 0.2) is 182 Å². The fourth-order valence-corrected chi connectivity index (χ4v) is 12.5. The molecular formula is C74H72F6O4. The molecule has 0 amide bonds. The van der Waals surface area contributed by atoms with Crippen LogP contribution in [0.25, 0.3) is 32.7 Å². The highest BCUT2D eigenvalue weighted by molar-refractivity contribution is 6.07. The summed E-state index contributed by atoms with van der Waals surface area (Å²) < 4.78 is 86.8. The average Bonchev–Trinajstić information content (AvgIpc) is 1.40. The number of hydrogen-bond donors (Lipinski definition) is 0. The van der Waals surface area contributed by atoms with Crippen LogP contribution < -0.4 is 0 Å².